The normalized spacial score (nSPS) is 18.8. The SMILES string of the molecule is CC[C@@]1(O)C(=O)OCc2c1cc1n(c2=O)Cc2cc3c(CNC)c(OC)c(Cl)cc3nc2-1. The summed E-state index contributed by atoms with van der Waals surface area (Å²) in [7, 11) is 3.41. The summed E-state index contributed by atoms with van der Waals surface area (Å²) < 4.78 is 12.3. The minimum absolute atomic E-state index is 0.0997. The Balaban J connectivity index is 1.78. The molecule has 2 N–H and O–H groups in total. The quantitative estimate of drug-likeness (QED) is 0.456. The molecule has 0 fully saturated rings. The molecule has 1 atom stereocenters. The molecule has 0 aliphatic carbocycles. The van der Waals surface area contributed by atoms with Crippen molar-refractivity contribution in [2.75, 3.05) is 14.2 Å². The number of carbonyl (C=O) groups is 1. The average molecular weight is 456 g/mol. The summed E-state index contributed by atoms with van der Waals surface area (Å²) in [4.78, 5) is 30.4. The molecule has 2 aliphatic rings. The molecular formula is C23H22ClN3O5. The molecular weight excluding hydrogens is 434 g/mol. The monoisotopic (exact) mass is 455 g/mol. The number of nitrogens with zero attached hydrogens (tertiary/aromatic N) is 2. The van der Waals surface area contributed by atoms with Crippen molar-refractivity contribution >= 4 is 28.5 Å². The van der Waals surface area contributed by atoms with Gasteiger partial charge in [-0.05, 0) is 31.7 Å². The molecule has 0 bridgehead atoms. The van der Waals surface area contributed by atoms with Crippen molar-refractivity contribution in [2.24, 2.45) is 0 Å². The first-order chi connectivity index (χ1) is 15.3. The molecule has 2 aromatic heterocycles. The number of hydrogen-bond donors (Lipinski definition) is 2. The molecule has 1 aromatic carbocycles. The van der Waals surface area contributed by atoms with E-state index in [2.05, 4.69) is 5.32 Å². The first kappa shape index (κ1) is 20.9. The number of benzene rings is 1. The van der Waals surface area contributed by atoms with Gasteiger partial charge in [0.15, 0.2) is 5.60 Å². The first-order valence-electron chi connectivity index (χ1n) is 10.3. The van der Waals surface area contributed by atoms with Crippen LogP contribution in [0.5, 0.6) is 5.75 Å². The van der Waals surface area contributed by atoms with Crippen LogP contribution in [0.15, 0.2) is 23.0 Å². The van der Waals surface area contributed by atoms with Crippen LogP contribution in [0.1, 0.15) is 35.6 Å². The Morgan fingerprint density at radius 2 is 2.12 bits per heavy atom. The predicted octanol–water partition coefficient (Wildman–Crippen LogP) is 2.46. The molecule has 166 valence electrons. The fraction of sp³-hybridized carbons (Fsp3) is 0.348. The van der Waals surface area contributed by atoms with Crippen molar-refractivity contribution in [2.45, 2.75) is 38.6 Å². The number of esters is 1. The van der Waals surface area contributed by atoms with Crippen molar-refractivity contribution in [3.05, 3.63) is 55.8 Å². The molecule has 3 aromatic rings. The number of rotatable bonds is 4. The number of pyridine rings is 2. The number of aromatic nitrogens is 2. The predicted molar refractivity (Wildman–Crippen MR) is 119 cm³/mol. The molecule has 0 amide bonds. The highest BCUT2D eigenvalue weighted by Gasteiger charge is 2.45. The molecule has 2 aliphatic heterocycles. The number of halogens is 1. The van der Waals surface area contributed by atoms with Gasteiger partial charge in [0.25, 0.3) is 5.56 Å². The van der Waals surface area contributed by atoms with Gasteiger partial charge in [-0.15, -0.1) is 0 Å². The number of methoxy groups -OCH3 is 1. The van der Waals surface area contributed by atoms with E-state index in [1.807, 2.05) is 13.1 Å². The highest BCUT2D eigenvalue weighted by Crippen LogP contribution is 2.41. The van der Waals surface area contributed by atoms with E-state index >= 15 is 0 Å². The van der Waals surface area contributed by atoms with Gasteiger partial charge in [0, 0.05) is 28.6 Å². The first-order valence-corrected chi connectivity index (χ1v) is 10.7. The van der Waals surface area contributed by atoms with Crippen molar-refractivity contribution in [3.8, 4) is 17.1 Å². The molecule has 0 saturated heterocycles. The summed E-state index contributed by atoms with van der Waals surface area (Å²) in [6.45, 7) is 2.40. The second kappa shape index (κ2) is 7.30. The summed E-state index contributed by atoms with van der Waals surface area (Å²) in [6.07, 6.45) is 0.0997. The third-order valence-corrected chi connectivity index (χ3v) is 6.66. The van der Waals surface area contributed by atoms with E-state index in [0.29, 0.717) is 51.9 Å². The van der Waals surface area contributed by atoms with Crippen molar-refractivity contribution in [1.29, 1.82) is 0 Å². The van der Waals surface area contributed by atoms with Gasteiger partial charge in [-0.1, -0.05) is 18.5 Å². The maximum absolute atomic E-state index is 13.3. The molecule has 5 rings (SSSR count). The van der Waals surface area contributed by atoms with Gasteiger partial charge >= 0.3 is 5.97 Å². The van der Waals surface area contributed by atoms with E-state index in [-0.39, 0.29) is 18.6 Å². The zero-order valence-corrected chi connectivity index (χ0v) is 18.7. The third kappa shape index (κ3) is 2.73. The number of carbonyl (C=O) groups excluding carboxylic acids is 1. The standard InChI is InChI=1S/C23H22ClN3O5/c1-4-23(30)15-6-18-19-11(9-27(18)21(28)14(15)10-32-22(23)29)5-12-13(8-25-2)20(31-3)16(24)7-17(12)26-19/h5-7,25,30H,4,8-10H2,1-3H3/t23-/m0/s1. The third-order valence-electron chi connectivity index (χ3n) is 6.38. The molecule has 0 unspecified atom stereocenters. The van der Waals surface area contributed by atoms with Crippen molar-refractivity contribution < 1.29 is 19.4 Å². The van der Waals surface area contributed by atoms with E-state index in [9.17, 15) is 14.7 Å². The molecule has 32 heavy (non-hydrogen) atoms. The number of nitrogens with one attached hydrogen (secondary N) is 1. The lowest BCUT2D eigenvalue weighted by Gasteiger charge is -2.31. The van der Waals surface area contributed by atoms with Crippen molar-refractivity contribution in [1.82, 2.24) is 14.9 Å². The molecule has 0 spiro atoms. The van der Waals surface area contributed by atoms with Crippen LogP contribution < -0.4 is 15.6 Å². The Labute approximate surface area is 188 Å². The Morgan fingerprint density at radius 1 is 1.34 bits per heavy atom. The minimum atomic E-state index is -1.85. The van der Waals surface area contributed by atoms with Crippen LogP contribution in [-0.2, 0) is 34.8 Å². The Morgan fingerprint density at radius 3 is 2.81 bits per heavy atom. The Hall–Kier alpha value is -2.94. The number of aliphatic hydroxyl groups is 1. The van der Waals surface area contributed by atoms with E-state index in [4.69, 9.17) is 26.1 Å². The Kier molecular flexibility index (Phi) is 4.77. The lowest BCUT2D eigenvalue weighted by Crippen LogP contribution is -2.44. The number of hydrogen-bond acceptors (Lipinski definition) is 7. The summed E-state index contributed by atoms with van der Waals surface area (Å²) in [5.41, 5.74) is 2.08. The fourth-order valence-electron chi connectivity index (χ4n) is 4.71. The fourth-order valence-corrected chi connectivity index (χ4v) is 5.01. The zero-order valence-electron chi connectivity index (χ0n) is 17.9. The lowest BCUT2D eigenvalue weighted by atomic mass is 9.86. The number of cyclic esters (lactones) is 1. The second-order valence-electron chi connectivity index (χ2n) is 8.07. The zero-order chi connectivity index (χ0) is 22.8. The van der Waals surface area contributed by atoms with Gasteiger partial charge in [-0.2, -0.15) is 0 Å². The van der Waals surface area contributed by atoms with Crippen LogP contribution in [0.2, 0.25) is 5.02 Å². The number of ether oxygens (including phenoxy) is 2. The van der Waals surface area contributed by atoms with Crippen LogP contribution in [0.25, 0.3) is 22.3 Å². The van der Waals surface area contributed by atoms with Crippen LogP contribution in [0.3, 0.4) is 0 Å². The van der Waals surface area contributed by atoms with Crippen molar-refractivity contribution in [3.63, 3.8) is 0 Å². The van der Waals surface area contributed by atoms with E-state index < -0.39 is 11.6 Å². The van der Waals surface area contributed by atoms with Crippen LogP contribution in [0, 0.1) is 0 Å². The van der Waals surface area contributed by atoms with Gasteiger partial charge in [0.1, 0.15) is 12.4 Å². The lowest BCUT2D eigenvalue weighted by molar-refractivity contribution is -0.172. The van der Waals surface area contributed by atoms with E-state index in [0.717, 1.165) is 16.5 Å². The van der Waals surface area contributed by atoms with Crippen LogP contribution >= 0.6 is 11.6 Å². The highest BCUT2D eigenvalue weighted by atomic mass is 35.5. The topological polar surface area (TPSA) is 103 Å². The van der Waals surface area contributed by atoms with Crippen LogP contribution in [-0.4, -0.2) is 34.8 Å². The highest BCUT2D eigenvalue weighted by molar-refractivity contribution is 6.33. The molecule has 9 heteroatoms. The number of fused-ring (bicyclic) bond motifs is 5. The van der Waals surface area contributed by atoms with E-state index in [1.54, 1.807) is 30.7 Å². The summed E-state index contributed by atoms with van der Waals surface area (Å²) in [5, 5.41) is 15.4. The van der Waals surface area contributed by atoms with Gasteiger partial charge < -0.3 is 24.5 Å². The molecule has 8 nitrogen and oxygen atoms in total. The largest absolute Gasteiger partial charge is 0.495 e. The minimum Gasteiger partial charge on any atom is -0.495 e. The molecule has 0 radical (unpaired) electrons. The molecule has 0 saturated carbocycles. The Bertz CT molecular complexity index is 1370. The van der Waals surface area contributed by atoms with Crippen LogP contribution in [0.4, 0.5) is 0 Å². The molecule has 4 heterocycles. The summed E-state index contributed by atoms with van der Waals surface area (Å²) in [6, 6.07) is 5.45. The summed E-state index contributed by atoms with van der Waals surface area (Å²) >= 11 is 6.46. The maximum Gasteiger partial charge on any atom is 0.343 e. The van der Waals surface area contributed by atoms with Gasteiger partial charge in [0.05, 0.1) is 41.1 Å². The van der Waals surface area contributed by atoms with Gasteiger partial charge in [0.2, 0.25) is 0 Å². The maximum atomic E-state index is 13.3. The average Bonchev–Trinajstić information content (AvgIpc) is 3.14. The smallest absolute Gasteiger partial charge is 0.343 e. The van der Waals surface area contributed by atoms with E-state index in [1.165, 1.54) is 0 Å². The van der Waals surface area contributed by atoms with Gasteiger partial charge in [-0.3, -0.25) is 4.79 Å². The second-order valence-corrected chi connectivity index (χ2v) is 8.47. The van der Waals surface area contributed by atoms with Gasteiger partial charge in [-0.25, -0.2) is 9.78 Å². The summed E-state index contributed by atoms with van der Waals surface area (Å²) in [5.74, 6) is -0.154.